The summed E-state index contributed by atoms with van der Waals surface area (Å²) in [5.41, 5.74) is 1.76. The van der Waals surface area contributed by atoms with Crippen molar-refractivity contribution in [3.05, 3.63) is 71.8 Å². The van der Waals surface area contributed by atoms with Crippen molar-refractivity contribution >= 4 is 0 Å². The second-order valence-electron chi connectivity index (χ2n) is 5.53. The van der Waals surface area contributed by atoms with Crippen molar-refractivity contribution in [2.24, 2.45) is 0 Å². The van der Waals surface area contributed by atoms with Crippen LogP contribution in [-0.4, -0.2) is 26.4 Å². The highest BCUT2D eigenvalue weighted by Crippen LogP contribution is 2.50. The van der Waals surface area contributed by atoms with E-state index in [-0.39, 0.29) is 0 Å². The van der Waals surface area contributed by atoms with Crippen molar-refractivity contribution in [3.63, 3.8) is 0 Å². The molecule has 24 heavy (non-hydrogen) atoms. The van der Waals surface area contributed by atoms with Gasteiger partial charge in [-0.2, -0.15) is 0 Å². The Morgan fingerprint density at radius 3 is 1.42 bits per heavy atom. The molecule has 1 fully saturated rings. The molecule has 0 bridgehead atoms. The summed E-state index contributed by atoms with van der Waals surface area (Å²) < 4.78 is 24.9. The van der Waals surface area contributed by atoms with E-state index in [2.05, 4.69) is 0 Å². The lowest BCUT2D eigenvalue weighted by Crippen LogP contribution is -2.60. The maximum absolute atomic E-state index is 6.24. The lowest BCUT2D eigenvalue weighted by atomic mass is 9.89. The predicted molar refractivity (Wildman–Crippen MR) is 91.4 cm³/mol. The van der Waals surface area contributed by atoms with Crippen LogP contribution in [0.15, 0.2) is 60.7 Å². The smallest absolute Gasteiger partial charge is 0.256 e. The van der Waals surface area contributed by atoms with Gasteiger partial charge in [0.2, 0.25) is 0 Å². The molecule has 3 rings (SSSR count). The van der Waals surface area contributed by atoms with Gasteiger partial charge in [0, 0.05) is 24.3 Å². The van der Waals surface area contributed by atoms with Crippen LogP contribution in [0.3, 0.4) is 0 Å². The Bertz CT molecular complexity index is 565. The molecule has 0 saturated carbocycles. The van der Waals surface area contributed by atoms with E-state index in [0.717, 1.165) is 11.1 Å². The van der Waals surface area contributed by atoms with E-state index in [9.17, 15) is 0 Å². The summed E-state index contributed by atoms with van der Waals surface area (Å²) in [5, 5.41) is 0. The summed E-state index contributed by atoms with van der Waals surface area (Å²) in [6.07, 6.45) is 0. The SMILES string of the molecule is CCO[C@@]1(c2ccccc2)OCCO[C@@]1(OCC)c1ccccc1. The number of hydrogen-bond donors (Lipinski definition) is 0. The Kier molecular flexibility index (Phi) is 5.31. The number of hydrogen-bond acceptors (Lipinski definition) is 4. The van der Waals surface area contributed by atoms with Crippen molar-refractivity contribution in [1.82, 2.24) is 0 Å². The first-order chi connectivity index (χ1) is 11.8. The summed E-state index contributed by atoms with van der Waals surface area (Å²) >= 11 is 0. The van der Waals surface area contributed by atoms with Gasteiger partial charge < -0.3 is 18.9 Å². The van der Waals surface area contributed by atoms with Crippen molar-refractivity contribution in [2.45, 2.75) is 25.4 Å². The summed E-state index contributed by atoms with van der Waals surface area (Å²) in [6, 6.07) is 19.8. The molecule has 1 aliphatic heterocycles. The van der Waals surface area contributed by atoms with Crippen LogP contribution < -0.4 is 0 Å². The molecule has 0 aromatic heterocycles. The minimum absolute atomic E-state index is 0.441. The average Bonchev–Trinajstić information content (AvgIpc) is 2.65. The Morgan fingerprint density at radius 1 is 0.708 bits per heavy atom. The number of benzene rings is 2. The van der Waals surface area contributed by atoms with Crippen LogP contribution in [0.5, 0.6) is 0 Å². The molecule has 0 radical (unpaired) electrons. The van der Waals surface area contributed by atoms with Gasteiger partial charge in [-0.25, -0.2) is 0 Å². The standard InChI is InChI=1S/C20H24O4/c1-3-21-19(17-11-7-5-8-12-17)20(22-4-2,24-16-15-23-19)18-13-9-6-10-14-18/h5-14H,3-4,15-16H2,1-2H3/t19-,20-/m0/s1. The lowest BCUT2D eigenvalue weighted by Gasteiger charge is -2.51. The maximum Gasteiger partial charge on any atom is 0.256 e. The van der Waals surface area contributed by atoms with Gasteiger partial charge in [0.15, 0.2) is 0 Å². The molecule has 1 saturated heterocycles. The van der Waals surface area contributed by atoms with Crippen LogP contribution >= 0.6 is 0 Å². The van der Waals surface area contributed by atoms with Gasteiger partial charge >= 0.3 is 0 Å². The van der Waals surface area contributed by atoms with E-state index in [0.29, 0.717) is 26.4 Å². The van der Waals surface area contributed by atoms with Crippen LogP contribution in [-0.2, 0) is 30.5 Å². The van der Waals surface area contributed by atoms with Crippen LogP contribution in [0.2, 0.25) is 0 Å². The van der Waals surface area contributed by atoms with Crippen molar-refractivity contribution in [1.29, 1.82) is 0 Å². The highest BCUT2D eigenvalue weighted by molar-refractivity contribution is 5.31. The zero-order valence-corrected chi connectivity index (χ0v) is 14.2. The minimum atomic E-state index is -1.15. The fraction of sp³-hybridized carbons (Fsp3) is 0.400. The monoisotopic (exact) mass is 328 g/mol. The normalized spacial score (nSPS) is 27.1. The van der Waals surface area contributed by atoms with Crippen LogP contribution in [0.4, 0.5) is 0 Å². The highest BCUT2D eigenvalue weighted by Gasteiger charge is 2.61. The van der Waals surface area contributed by atoms with Crippen LogP contribution in [0.1, 0.15) is 25.0 Å². The van der Waals surface area contributed by atoms with Crippen molar-refractivity contribution < 1.29 is 18.9 Å². The summed E-state index contributed by atoms with van der Waals surface area (Å²) in [4.78, 5) is 0. The Balaban J connectivity index is 2.22. The van der Waals surface area contributed by atoms with Gasteiger partial charge in [0.1, 0.15) is 0 Å². The zero-order chi connectivity index (χ0) is 16.9. The van der Waals surface area contributed by atoms with E-state index >= 15 is 0 Å². The quantitative estimate of drug-likeness (QED) is 0.808. The van der Waals surface area contributed by atoms with Gasteiger partial charge in [0.25, 0.3) is 11.6 Å². The molecule has 1 heterocycles. The van der Waals surface area contributed by atoms with E-state index in [4.69, 9.17) is 18.9 Å². The molecule has 0 amide bonds. The molecule has 2 atom stereocenters. The summed E-state index contributed by atoms with van der Waals surface area (Å²) in [7, 11) is 0. The fourth-order valence-electron chi connectivity index (χ4n) is 3.27. The molecule has 0 spiro atoms. The third-order valence-corrected chi connectivity index (χ3v) is 4.13. The minimum Gasteiger partial charge on any atom is -0.342 e. The molecule has 4 nitrogen and oxygen atoms in total. The molecular weight excluding hydrogens is 304 g/mol. The van der Waals surface area contributed by atoms with Gasteiger partial charge in [-0.05, 0) is 13.8 Å². The van der Waals surface area contributed by atoms with E-state index in [1.807, 2.05) is 74.5 Å². The predicted octanol–water partition coefficient (Wildman–Crippen LogP) is 3.81. The van der Waals surface area contributed by atoms with Gasteiger partial charge in [-0.1, -0.05) is 60.7 Å². The second kappa shape index (κ2) is 7.45. The topological polar surface area (TPSA) is 36.9 Å². The summed E-state index contributed by atoms with van der Waals surface area (Å²) in [5.74, 6) is -2.31. The summed E-state index contributed by atoms with van der Waals surface area (Å²) in [6.45, 7) is 5.72. The molecule has 4 heteroatoms. The van der Waals surface area contributed by atoms with Crippen molar-refractivity contribution in [2.75, 3.05) is 26.4 Å². The van der Waals surface area contributed by atoms with E-state index in [1.165, 1.54) is 0 Å². The number of rotatable bonds is 6. The Labute approximate surface area is 143 Å². The van der Waals surface area contributed by atoms with Crippen LogP contribution in [0, 0.1) is 0 Å². The van der Waals surface area contributed by atoms with Gasteiger partial charge in [-0.15, -0.1) is 0 Å². The van der Waals surface area contributed by atoms with Crippen LogP contribution in [0.25, 0.3) is 0 Å². The Morgan fingerprint density at radius 2 is 1.08 bits per heavy atom. The van der Waals surface area contributed by atoms with E-state index < -0.39 is 11.6 Å². The average molecular weight is 328 g/mol. The third-order valence-electron chi connectivity index (χ3n) is 4.13. The first-order valence-corrected chi connectivity index (χ1v) is 8.46. The van der Waals surface area contributed by atoms with Gasteiger partial charge in [-0.3, -0.25) is 0 Å². The molecule has 0 N–H and O–H groups in total. The van der Waals surface area contributed by atoms with Gasteiger partial charge in [0.05, 0.1) is 13.2 Å². The maximum atomic E-state index is 6.24. The Hall–Kier alpha value is -1.72. The molecular formula is C20H24O4. The largest absolute Gasteiger partial charge is 0.342 e. The molecule has 0 aliphatic carbocycles. The van der Waals surface area contributed by atoms with Crippen molar-refractivity contribution in [3.8, 4) is 0 Å². The molecule has 128 valence electrons. The third kappa shape index (κ3) is 2.76. The number of ether oxygens (including phenoxy) is 4. The highest BCUT2D eigenvalue weighted by atomic mass is 16.8. The molecule has 1 aliphatic rings. The molecule has 0 unspecified atom stereocenters. The first-order valence-electron chi connectivity index (χ1n) is 8.46. The molecule has 2 aromatic carbocycles. The van der Waals surface area contributed by atoms with E-state index in [1.54, 1.807) is 0 Å². The molecule has 2 aromatic rings. The first kappa shape index (κ1) is 17.1. The fourth-order valence-corrected chi connectivity index (χ4v) is 3.27. The zero-order valence-electron chi connectivity index (χ0n) is 14.2. The lowest BCUT2D eigenvalue weighted by molar-refractivity contribution is -0.456. The second-order valence-corrected chi connectivity index (χ2v) is 5.53.